The predicted octanol–water partition coefficient (Wildman–Crippen LogP) is 1.99. The number of nitrogens with zero attached hydrogens (tertiary/aromatic N) is 2. The number of aliphatic hydroxyl groups is 1. The Morgan fingerprint density at radius 3 is 2.76 bits per heavy atom. The number of benzene rings is 1. The van der Waals surface area contributed by atoms with Gasteiger partial charge < -0.3 is 5.11 Å². The maximum atomic E-state index is 14.1. The van der Waals surface area contributed by atoms with Gasteiger partial charge in [0.2, 0.25) is 0 Å². The summed E-state index contributed by atoms with van der Waals surface area (Å²) in [7, 11) is -4.17. The Hall–Kier alpha value is -1.64. The number of hydrogen-bond acceptors (Lipinski definition) is 4. The van der Waals surface area contributed by atoms with Gasteiger partial charge in [0.05, 0.1) is 18.5 Å². The van der Waals surface area contributed by atoms with Crippen LogP contribution in [-0.2, 0) is 23.2 Å². The van der Waals surface area contributed by atoms with E-state index in [0.29, 0.717) is 6.54 Å². The number of aryl methyl sites for hydroxylation is 1. The molecule has 0 spiro atoms. The van der Waals surface area contributed by atoms with Crippen molar-refractivity contribution >= 4 is 27.3 Å². The van der Waals surface area contributed by atoms with Gasteiger partial charge in [-0.2, -0.15) is 5.10 Å². The molecule has 0 unspecified atom stereocenters. The lowest BCUT2D eigenvalue weighted by Crippen LogP contribution is -2.15. The summed E-state index contributed by atoms with van der Waals surface area (Å²) in [6, 6.07) is 2.16. The van der Waals surface area contributed by atoms with Gasteiger partial charge in [0.25, 0.3) is 10.0 Å². The summed E-state index contributed by atoms with van der Waals surface area (Å²) in [6.07, 6.45) is 2.80. The third-order valence-corrected chi connectivity index (χ3v) is 4.35. The highest BCUT2D eigenvalue weighted by Crippen LogP contribution is 2.25. The normalized spacial score (nSPS) is 11.6. The largest absolute Gasteiger partial charge is 0.392 e. The van der Waals surface area contributed by atoms with E-state index in [1.807, 2.05) is 6.92 Å². The number of aliphatic hydroxyl groups excluding tert-OH is 1. The van der Waals surface area contributed by atoms with Crippen molar-refractivity contribution in [1.82, 2.24) is 9.78 Å². The summed E-state index contributed by atoms with van der Waals surface area (Å²) in [5.41, 5.74) is 0.0221. The van der Waals surface area contributed by atoms with E-state index in [-0.39, 0.29) is 16.3 Å². The van der Waals surface area contributed by atoms with Crippen LogP contribution in [0.25, 0.3) is 0 Å². The Morgan fingerprint density at radius 2 is 2.19 bits per heavy atom. The number of hydrogen-bond donors (Lipinski definition) is 2. The van der Waals surface area contributed by atoms with E-state index in [1.54, 1.807) is 0 Å². The van der Waals surface area contributed by atoms with Crippen LogP contribution in [0.1, 0.15) is 12.5 Å². The molecule has 1 heterocycles. The number of rotatable bonds is 5. The summed E-state index contributed by atoms with van der Waals surface area (Å²) in [5, 5.41) is 13.0. The molecular weight excluding hydrogens is 321 g/mol. The molecule has 0 fully saturated rings. The Morgan fingerprint density at radius 1 is 1.48 bits per heavy atom. The second kappa shape index (κ2) is 6.00. The van der Waals surface area contributed by atoms with E-state index in [4.69, 9.17) is 16.7 Å². The number of aromatic nitrogens is 2. The van der Waals surface area contributed by atoms with Gasteiger partial charge in [-0.15, -0.1) is 0 Å². The number of anilines is 1. The van der Waals surface area contributed by atoms with Gasteiger partial charge >= 0.3 is 0 Å². The zero-order valence-electron chi connectivity index (χ0n) is 11.0. The minimum absolute atomic E-state index is 0.0186. The average Bonchev–Trinajstić information content (AvgIpc) is 2.87. The van der Waals surface area contributed by atoms with E-state index in [0.717, 1.165) is 6.07 Å². The van der Waals surface area contributed by atoms with E-state index >= 15 is 0 Å². The fraction of sp³-hybridized carbons (Fsp3) is 0.250. The molecule has 1 aromatic heterocycles. The molecule has 0 radical (unpaired) electrons. The van der Waals surface area contributed by atoms with Crippen molar-refractivity contribution in [3.05, 3.63) is 40.9 Å². The first-order valence-corrected chi connectivity index (χ1v) is 7.87. The summed E-state index contributed by atoms with van der Waals surface area (Å²) >= 11 is 5.75. The molecule has 0 atom stereocenters. The van der Waals surface area contributed by atoms with Gasteiger partial charge in [0, 0.05) is 23.3 Å². The molecule has 2 rings (SSSR count). The molecule has 1 aromatic carbocycles. The number of halogens is 2. The van der Waals surface area contributed by atoms with Crippen molar-refractivity contribution in [2.75, 3.05) is 4.72 Å². The monoisotopic (exact) mass is 333 g/mol. The highest BCUT2D eigenvalue weighted by Gasteiger charge is 2.23. The third kappa shape index (κ3) is 3.34. The molecule has 0 aliphatic heterocycles. The van der Waals surface area contributed by atoms with Crippen molar-refractivity contribution in [1.29, 1.82) is 0 Å². The van der Waals surface area contributed by atoms with E-state index in [1.165, 1.54) is 23.1 Å². The summed E-state index contributed by atoms with van der Waals surface area (Å²) in [4.78, 5) is -0.622. The summed E-state index contributed by atoms with van der Waals surface area (Å²) in [6.45, 7) is 1.76. The lowest BCUT2D eigenvalue weighted by Gasteiger charge is -2.10. The Kier molecular flexibility index (Phi) is 4.50. The number of nitrogens with one attached hydrogen (secondary N) is 1. The number of sulfonamides is 1. The van der Waals surface area contributed by atoms with Gasteiger partial charge in [0.1, 0.15) is 10.7 Å². The van der Waals surface area contributed by atoms with Crippen molar-refractivity contribution in [2.24, 2.45) is 0 Å². The molecular formula is C12H13ClFN3O3S. The second-order valence-corrected chi connectivity index (χ2v) is 6.31. The quantitative estimate of drug-likeness (QED) is 0.876. The fourth-order valence-electron chi connectivity index (χ4n) is 1.73. The fourth-order valence-corrected chi connectivity index (χ4v) is 3.21. The molecule has 21 heavy (non-hydrogen) atoms. The minimum atomic E-state index is -4.17. The molecule has 0 saturated heterocycles. The summed E-state index contributed by atoms with van der Waals surface area (Å²) < 4.78 is 42.2. The van der Waals surface area contributed by atoms with Gasteiger partial charge in [0.15, 0.2) is 0 Å². The van der Waals surface area contributed by atoms with Gasteiger partial charge in [-0.1, -0.05) is 11.6 Å². The standard InChI is InChI=1S/C12H13ClFN3O3S/c1-2-17-6-10(5-15-17)16-21(19,20)11-4-9(13)3-8(7-18)12(11)14/h3-6,16,18H,2,7H2,1H3. The zero-order valence-corrected chi connectivity index (χ0v) is 12.6. The highest BCUT2D eigenvalue weighted by atomic mass is 35.5. The molecule has 0 bridgehead atoms. The predicted molar refractivity (Wildman–Crippen MR) is 76.0 cm³/mol. The van der Waals surface area contributed by atoms with Gasteiger partial charge in [-0.25, -0.2) is 12.8 Å². The molecule has 0 amide bonds. The van der Waals surface area contributed by atoms with Gasteiger partial charge in [-0.05, 0) is 19.1 Å². The van der Waals surface area contributed by atoms with E-state index in [2.05, 4.69) is 9.82 Å². The molecule has 0 aliphatic carbocycles. The maximum absolute atomic E-state index is 14.1. The first kappa shape index (κ1) is 15.7. The Balaban J connectivity index is 2.42. The first-order valence-electron chi connectivity index (χ1n) is 6.01. The molecule has 114 valence electrons. The summed E-state index contributed by atoms with van der Waals surface area (Å²) in [5.74, 6) is -1.03. The minimum Gasteiger partial charge on any atom is -0.392 e. The molecule has 9 heteroatoms. The van der Waals surface area contributed by atoms with Crippen LogP contribution >= 0.6 is 11.6 Å². The van der Waals surface area contributed by atoms with Crippen LogP contribution in [0.3, 0.4) is 0 Å². The molecule has 6 nitrogen and oxygen atoms in total. The van der Waals surface area contributed by atoms with Crippen LogP contribution in [0, 0.1) is 5.82 Å². The lowest BCUT2D eigenvalue weighted by atomic mass is 10.2. The van der Waals surface area contributed by atoms with Crippen molar-refractivity contribution in [3.8, 4) is 0 Å². The molecule has 0 saturated carbocycles. The van der Waals surface area contributed by atoms with Gasteiger partial charge in [-0.3, -0.25) is 9.40 Å². The Bertz CT molecular complexity index is 761. The second-order valence-electron chi connectivity index (χ2n) is 4.23. The maximum Gasteiger partial charge on any atom is 0.264 e. The average molecular weight is 334 g/mol. The van der Waals surface area contributed by atoms with Crippen LogP contribution < -0.4 is 4.72 Å². The molecule has 0 aliphatic rings. The van der Waals surface area contributed by atoms with Crippen LogP contribution in [0.2, 0.25) is 5.02 Å². The molecule has 2 N–H and O–H groups in total. The van der Waals surface area contributed by atoms with Crippen LogP contribution in [0.15, 0.2) is 29.4 Å². The van der Waals surface area contributed by atoms with Crippen molar-refractivity contribution in [2.45, 2.75) is 25.0 Å². The topological polar surface area (TPSA) is 84.2 Å². The zero-order chi connectivity index (χ0) is 15.6. The van der Waals surface area contributed by atoms with E-state index < -0.39 is 27.3 Å². The first-order chi connectivity index (χ1) is 9.87. The smallest absolute Gasteiger partial charge is 0.264 e. The SMILES string of the molecule is CCn1cc(NS(=O)(=O)c2cc(Cl)cc(CO)c2F)cn1. The van der Waals surface area contributed by atoms with Crippen molar-refractivity contribution in [3.63, 3.8) is 0 Å². The van der Waals surface area contributed by atoms with E-state index in [9.17, 15) is 12.8 Å². The van der Waals surface area contributed by atoms with Crippen LogP contribution in [-0.4, -0.2) is 23.3 Å². The van der Waals surface area contributed by atoms with Crippen LogP contribution in [0.4, 0.5) is 10.1 Å². The van der Waals surface area contributed by atoms with Crippen LogP contribution in [0.5, 0.6) is 0 Å². The molecule has 2 aromatic rings. The Labute approximate surface area is 126 Å². The lowest BCUT2D eigenvalue weighted by molar-refractivity contribution is 0.274. The highest BCUT2D eigenvalue weighted by molar-refractivity contribution is 7.92. The van der Waals surface area contributed by atoms with Crippen molar-refractivity contribution < 1.29 is 17.9 Å². The third-order valence-electron chi connectivity index (χ3n) is 2.75.